The number of aliphatic hydroxyl groups is 1. The first-order chi connectivity index (χ1) is 20.2. The van der Waals surface area contributed by atoms with Crippen LogP contribution in [0, 0.1) is 33.5 Å². The number of carbonyl (C=O) groups is 2. The summed E-state index contributed by atoms with van der Waals surface area (Å²) < 4.78 is 25.5. The number of nitrogens with zero attached hydrogens (tertiary/aromatic N) is 1. The first-order valence-corrected chi connectivity index (χ1v) is 14.5. The van der Waals surface area contributed by atoms with Crippen molar-refractivity contribution in [1.82, 2.24) is 0 Å². The van der Waals surface area contributed by atoms with Crippen LogP contribution in [0.25, 0.3) is 11.1 Å². The van der Waals surface area contributed by atoms with Crippen molar-refractivity contribution in [2.45, 2.75) is 79.8 Å². The van der Waals surface area contributed by atoms with Crippen LogP contribution in [0.3, 0.4) is 0 Å². The molecule has 0 unspecified atom stereocenters. The molecule has 0 saturated heterocycles. The maximum Gasteiger partial charge on any atom is 0.307 e. The Labute approximate surface area is 254 Å². The van der Waals surface area contributed by atoms with E-state index in [4.69, 9.17) is 14.6 Å². The SMILES string of the molecule is CC(C)(C)O.COc1ccc(C)cc1C.Cc1cc2c(c(-c3cc(F)c4c(c3C)CCCO4)c1CC(=O)O)CCN2C=O. The van der Waals surface area contributed by atoms with Gasteiger partial charge in [-0.3, -0.25) is 9.59 Å². The van der Waals surface area contributed by atoms with Gasteiger partial charge in [0.05, 0.1) is 25.7 Å². The van der Waals surface area contributed by atoms with E-state index in [1.54, 1.807) is 32.8 Å². The third-order valence-electron chi connectivity index (χ3n) is 7.37. The van der Waals surface area contributed by atoms with Gasteiger partial charge in [-0.1, -0.05) is 17.7 Å². The van der Waals surface area contributed by atoms with Gasteiger partial charge in [0.2, 0.25) is 6.41 Å². The molecule has 7 nitrogen and oxygen atoms in total. The van der Waals surface area contributed by atoms with E-state index < -0.39 is 17.4 Å². The van der Waals surface area contributed by atoms with Gasteiger partial charge in [-0.2, -0.15) is 0 Å². The number of carboxylic acids is 1. The summed E-state index contributed by atoms with van der Waals surface area (Å²) in [6.07, 6.45) is 2.81. The van der Waals surface area contributed by atoms with E-state index in [0.29, 0.717) is 36.4 Å². The first-order valence-electron chi connectivity index (χ1n) is 14.5. The van der Waals surface area contributed by atoms with Crippen molar-refractivity contribution in [3.8, 4) is 22.6 Å². The molecule has 232 valence electrons. The number of hydrogen-bond acceptors (Lipinski definition) is 5. The highest BCUT2D eigenvalue weighted by molar-refractivity contribution is 5.90. The Bertz CT molecular complexity index is 1490. The molecule has 2 heterocycles. The summed E-state index contributed by atoms with van der Waals surface area (Å²) in [7, 11) is 1.69. The van der Waals surface area contributed by atoms with E-state index in [-0.39, 0.29) is 6.42 Å². The predicted octanol–water partition coefficient (Wildman–Crippen LogP) is 6.67. The van der Waals surface area contributed by atoms with E-state index in [1.165, 1.54) is 17.2 Å². The van der Waals surface area contributed by atoms with Crippen LogP contribution >= 0.6 is 0 Å². The lowest BCUT2D eigenvalue weighted by Crippen LogP contribution is -2.17. The third kappa shape index (κ3) is 8.35. The van der Waals surface area contributed by atoms with Gasteiger partial charge >= 0.3 is 5.97 Å². The second-order valence-electron chi connectivity index (χ2n) is 12.1. The number of carboxylic acid groups (broad SMARTS) is 1. The van der Waals surface area contributed by atoms with Crippen molar-refractivity contribution in [1.29, 1.82) is 0 Å². The zero-order chi connectivity index (χ0) is 32.1. The van der Waals surface area contributed by atoms with Gasteiger partial charge in [-0.15, -0.1) is 0 Å². The summed E-state index contributed by atoms with van der Waals surface area (Å²) in [4.78, 5) is 24.6. The number of ether oxygens (including phenoxy) is 2. The smallest absolute Gasteiger partial charge is 0.307 e. The normalized spacial score (nSPS) is 13.4. The highest BCUT2D eigenvalue weighted by Gasteiger charge is 2.29. The summed E-state index contributed by atoms with van der Waals surface area (Å²) in [5.41, 5.74) is 8.36. The fourth-order valence-electron chi connectivity index (χ4n) is 5.51. The molecule has 3 aromatic rings. The van der Waals surface area contributed by atoms with Gasteiger partial charge in [-0.05, 0) is 125 Å². The quantitative estimate of drug-likeness (QED) is 0.321. The topological polar surface area (TPSA) is 96.3 Å². The standard InChI is InChI=1S/C22H22FNO4.C9H12O.C4H10O/c1-12-8-19-15(5-6-24(19)11-25)21(16(12)10-20(26)27)17-9-18(23)22-14(13(17)2)4-3-7-28-22;1-7-4-5-9(10-3)8(2)6-7;1-4(2,3)5/h8-9,11H,3-7,10H2,1-2H3,(H,26,27);4-6H,1-3H3;5H,1-3H3. The van der Waals surface area contributed by atoms with Crippen LogP contribution in [-0.2, 0) is 28.9 Å². The molecular formula is C35H44FNO6. The summed E-state index contributed by atoms with van der Waals surface area (Å²) in [5.74, 6) is -0.0808. The van der Waals surface area contributed by atoms with Crippen molar-refractivity contribution in [2.24, 2.45) is 0 Å². The fraction of sp³-hybridized carbons (Fsp3) is 0.429. The monoisotopic (exact) mass is 593 g/mol. The molecule has 2 N–H and O–H groups in total. The molecule has 0 bridgehead atoms. The van der Waals surface area contributed by atoms with Gasteiger partial charge < -0.3 is 24.6 Å². The Kier molecular flexibility index (Phi) is 11.0. The number of aliphatic carboxylic acids is 1. The second kappa shape index (κ2) is 14.0. The summed E-state index contributed by atoms with van der Waals surface area (Å²) in [5, 5.41) is 18.0. The fourth-order valence-corrected chi connectivity index (χ4v) is 5.51. The number of carbonyl (C=O) groups excluding carboxylic acids is 1. The van der Waals surface area contributed by atoms with E-state index in [1.807, 2.05) is 39.0 Å². The molecule has 5 rings (SSSR count). The maximum atomic E-state index is 14.9. The molecule has 0 atom stereocenters. The highest BCUT2D eigenvalue weighted by Crippen LogP contribution is 2.44. The van der Waals surface area contributed by atoms with Crippen LogP contribution in [0.1, 0.15) is 66.1 Å². The van der Waals surface area contributed by atoms with Crippen molar-refractivity contribution in [3.63, 3.8) is 0 Å². The second-order valence-corrected chi connectivity index (χ2v) is 12.1. The molecular weight excluding hydrogens is 549 g/mol. The molecule has 0 spiro atoms. The van der Waals surface area contributed by atoms with E-state index in [9.17, 15) is 19.1 Å². The number of rotatable bonds is 5. The molecule has 8 heteroatoms. The first kappa shape index (κ1) is 33.6. The molecule has 0 aromatic heterocycles. The number of fused-ring (bicyclic) bond motifs is 2. The Morgan fingerprint density at radius 2 is 1.74 bits per heavy atom. The molecule has 1 amide bonds. The summed E-state index contributed by atoms with van der Waals surface area (Å²) >= 11 is 0. The van der Waals surface area contributed by atoms with Crippen LogP contribution in [0.4, 0.5) is 10.1 Å². The van der Waals surface area contributed by atoms with Crippen LogP contribution in [0.15, 0.2) is 30.3 Å². The van der Waals surface area contributed by atoms with Gasteiger partial charge in [0.1, 0.15) is 5.75 Å². The molecule has 0 radical (unpaired) electrons. The number of aryl methyl sites for hydroxylation is 3. The summed E-state index contributed by atoms with van der Waals surface area (Å²) in [6.45, 7) is 14.2. The number of halogens is 1. The Morgan fingerprint density at radius 1 is 1.07 bits per heavy atom. The van der Waals surface area contributed by atoms with E-state index in [0.717, 1.165) is 58.5 Å². The van der Waals surface area contributed by atoms with Crippen LogP contribution in [-0.4, -0.2) is 48.5 Å². The van der Waals surface area contributed by atoms with Crippen molar-refractivity contribution >= 4 is 18.1 Å². The average molecular weight is 594 g/mol. The third-order valence-corrected chi connectivity index (χ3v) is 7.37. The number of anilines is 1. The van der Waals surface area contributed by atoms with Crippen LogP contribution < -0.4 is 14.4 Å². The molecule has 2 aliphatic rings. The van der Waals surface area contributed by atoms with Gasteiger partial charge in [0.25, 0.3) is 0 Å². The minimum absolute atomic E-state index is 0.149. The molecule has 0 aliphatic carbocycles. The Balaban J connectivity index is 0.000000278. The van der Waals surface area contributed by atoms with Crippen molar-refractivity contribution < 1.29 is 33.7 Å². The minimum Gasteiger partial charge on any atom is -0.496 e. The van der Waals surface area contributed by atoms with Crippen LogP contribution in [0.2, 0.25) is 0 Å². The zero-order valence-corrected chi connectivity index (χ0v) is 26.6. The molecule has 43 heavy (non-hydrogen) atoms. The highest BCUT2D eigenvalue weighted by atomic mass is 19.1. The number of methoxy groups -OCH3 is 1. The Hall–Kier alpha value is -3.91. The minimum atomic E-state index is -0.936. The molecule has 0 saturated carbocycles. The molecule has 0 fully saturated rings. The molecule has 2 aliphatic heterocycles. The van der Waals surface area contributed by atoms with Gasteiger partial charge in [0, 0.05) is 17.8 Å². The van der Waals surface area contributed by atoms with E-state index >= 15 is 0 Å². The number of benzene rings is 3. The van der Waals surface area contributed by atoms with Gasteiger partial charge in [0.15, 0.2) is 11.6 Å². The lowest BCUT2D eigenvalue weighted by Gasteiger charge is -2.25. The number of hydrogen-bond donors (Lipinski definition) is 2. The van der Waals surface area contributed by atoms with E-state index in [2.05, 4.69) is 13.0 Å². The van der Waals surface area contributed by atoms with Gasteiger partial charge in [-0.25, -0.2) is 4.39 Å². The lowest BCUT2D eigenvalue weighted by atomic mass is 9.84. The van der Waals surface area contributed by atoms with Crippen molar-refractivity contribution in [2.75, 3.05) is 25.2 Å². The van der Waals surface area contributed by atoms with Crippen LogP contribution in [0.5, 0.6) is 11.5 Å². The average Bonchev–Trinajstić information content (AvgIpc) is 3.33. The largest absolute Gasteiger partial charge is 0.496 e. The number of amides is 1. The zero-order valence-electron chi connectivity index (χ0n) is 26.6. The predicted molar refractivity (Wildman–Crippen MR) is 168 cm³/mol. The Morgan fingerprint density at radius 3 is 2.33 bits per heavy atom. The maximum absolute atomic E-state index is 14.9. The lowest BCUT2D eigenvalue weighted by molar-refractivity contribution is -0.136. The van der Waals surface area contributed by atoms with Crippen molar-refractivity contribution in [3.05, 3.63) is 75.1 Å². The summed E-state index contributed by atoms with van der Waals surface area (Å²) in [6, 6.07) is 9.48. The molecule has 3 aromatic carbocycles.